The van der Waals surface area contributed by atoms with Crippen molar-refractivity contribution in [1.29, 1.82) is 0 Å². The Balaban J connectivity index is 1.88. The number of nitrogens with one attached hydrogen (secondary N) is 2. The summed E-state index contributed by atoms with van der Waals surface area (Å²) in [5.41, 5.74) is 1.98. The summed E-state index contributed by atoms with van der Waals surface area (Å²) in [7, 11) is 6.63. The van der Waals surface area contributed by atoms with Gasteiger partial charge in [-0.25, -0.2) is 0 Å². The van der Waals surface area contributed by atoms with Gasteiger partial charge in [0.25, 0.3) is 11.8 Å². The zero-order chi connectivity index (χ0) is 21.6. The largest absolute Gasteiger partial charge is 0.345 e. The van der Waals surface area contributed by atoms with Gasteiger partial charge in [-0.3, -0.25) is 19.2 Å². The minimum absolute atomic E-state index is 0.138. The van der Waals surface area contributed by atoms with Crippen molar-refractivity contribution in [3.8, 4) is 0 Å². The molecule has 0 atom stereocenters. The van der Waals surface area contributed by atoms with E-state index in [1.165, 1.54) is 9.80 Å². The van der Waals surface area contributed by atoms with E-state index in [1.807, 2.05) is 0 Å². The van der Waals surface area contributed by atoms with Gasteiger partial charge in [0.05, 0.1) is 0 Å². The zero-order valence-electron chi connectivity index (χ0n) is 16.9. The third-order valence-corrected chi connectivity index (χ3v) is 3.96. The van der Waals surface area contributed by atoms with Crippen LogP contribution in [0.4, 0.5) is 11.4 Å². The third-order valence-electron chi connectivity index (χ3n) is 3.96. The van der Waals surface area contributed by atoms with Gasteiger partial charge in [-0.05, 0) is 48.5 Å². The highest BCUT2D eigenvalue weighted by Gasteiger charge is 2.12. The maximum absolute atomic E-state index is 12.1. The molecule has 8 heteroatoms. The Morgan fingerprint density at radius 3 is 1.21 bits per heavy atom. The van der Waals surface area contributed by atoms with Crippen molar-refractivity contribution in [2.75, 3.05) is 38.8 Å². The van der Waals surface area contributed by atoms with E-state index in [0.29, 0.717) is 22.5 Å². The van der Waals surface area contributed by atoms with E-state index < -0.39 is 11.8 Å². The lowest BCUT2D eigenvalue weighted by atomic mass is 10.2. The molecule has 0 spiro atoms. The Labute approximate surface area is 169 Å². The SMILES string of the molecule is CN(C)C(=O)c1ccc(NC(=O)CC(=O)Nc2ccc(C(=O)N(C)C)cc2)cc1. The molecule has 0 aliphatic carbocycles. The van der Waals surface area contributed by atoms with Crippen LogP contribution < -0.4 is 10.6 Å². The summed E-state index contributed by atoms with van der Waals surface area (Å²) in [5, 5.41) is 5.23. The minimum atomic E-state index is -0.478. The van der Waals surface area contributed by atoms with E-state index >= 15 is 0 Å². The number of hydrogen-bond acceptors (Lipinski definition) is 4. The van der Waals surface area contributed by atoms with Crippen molar-refractivity contribution < 1.29 is 19.2 Å². The molecule has 0 aromatic heterocycles. The van der Waals surface area contributed by atoms with E-state index in [1.54, 1.807) is 76.7 Å². The monoisotopic (exact) mass is 396 g/mol. The highest BCUT2D eigenvalue weighted by atomic mass is 16.2. The van der Waals surface area contributed by atoms with Gasteiger partial charge in [0.15, 0.2) is 0 Å². The van der Waals surface area contributed by atoms with E-state index in [2.05, 4.69) is 10.6 Å². The van der Waals surface area contributed by atoms with Crippen molar-refractivity contribution in [2.24, 2.45) is 0 Å². The molecule has 2 aromatic carbocycles. The molecule has 0 saturated carbocycles. The normalized spacial score (nSPS) is 10.1. The standard InChI is InChI=1S/C21H24N4O4/c1-24(2)20(28)14-5-9-16(10-6-14)22-18(26)13-19(27)23-17-11-7-15(8-12-17)21(29)25(3)4/h5-12H,13H2,1-4H3,(H,22,26)(H,23,27). The van der Waals surface area contributed by atoms with E-state index in [-0.39, 0.29) is 18.2 Å². The van der Waals surface area contributed by atoms with E-state index in [9.17, 15) is 19.2 Å². The Kier molecular flexibility index (Phi) is 7.08. The van der Waals surface area contributed by atoms with Gasteiger partial charge >= 0.3 is 0 Å². The maximum Gasteiger partial charge on any atom is 0.253 e. The summed E-state index contributed by atoms with van der Waals surface area (Å²) in [6.07, 6.45) is -0.364. The molecular weight excluding hydrogens is 372 g/mol. The molecule has 4 amide bonds. The van der Waals surface area contributed by atoms with Crippen molar-refractivity contribution in [3.05, 3.63) is 59.7 Å². The van der Waals surface area contributed by atoms with Crippen molar-refractivity contribution in [3.63, 3.8) is 0 Å². The molecule has 2 aromatic rings. The fourth-order valence-electron chi connectivity index (χ4n) is 2.46. The summed E-state index contributed by atoms with van der Waals surface area (Å²) < 4.78 is 0. The molecule has 0 aliphatic heterocycles. The molecule has 0 aliphatic rings. The molecule has 152 valence electrons. The Morgan fingerprint density at radius 2 is 0.931 bits per heavy atom. The number of rotatable bonds is 6. The van der Waals surface area contributed by atoms with Crippen LogP contribution in [-0.4, -0.2) is 61.6 Å². The van der Waals surface area contributed by atoms with Crippen LogP contribution in [0.25, 0.3) is 0 Å². The van der Waals surface area contributed by atoms with Crippen molar-refractivity contribution in [2.45, 2.75) is 6.42 Å². The second kappa shape index (κ2) is 9.50. The van der Waals surface area contributed by atoms with Crippen LogP contribution in [0.5, 0.6) is 0 Å². The van der Waals surface area contributed by atoms with Gasteiger partial charge in [0.2, 0.25) is 11.8 Å². The van der Waals surface area contributed by atoms with Crippen LogP contribution >= 0.6 is 0 Å². The highest BCUT2D eigenvalue weighted by molar-refractivity contribution is 6.08. The first-order chi connectivity index (χ1) is 13.7. The number of anilines is 2. The van der Waals surface area contributed by atoms with Gasteiger partial charge < -0.3 is 20.4 Å². The molecule has 8 nitrogen and oxygen atoms in total. The van der Waals surface area contributed by atoms with Crippen LogP contribution in [0, 0.1) is 0 Å². The fourth-order valence-corrected chi connectivity index (χ4v) is 2.46. The molecule has 2 N–H and O–H groups in total. The van der Waals surface area contributed by atoms with E-state index in [4.69, 9.17) is 0 Å². The number of benzene rings is 2. The molecule has 29 heavy (non-hydrogen) atoms. The molecule has 2 rings (SSSR count). The number of carbonyl (C=O) groups excluding carboxylic acids is 4. The minimum Gasteiger partial charge on any atom is -0.345 e. The quantitative estimate of drug-likeness (QED) is 0.730. The molecule has 0 saturated heterocycles. The van der Waals surface area contributed by atoms with Gasteiger partial charge in [-0.2, -0.15) is 0 Å². The second-order valence-electron chi connectivity index (χ2n) is 6.83. The summed E-state index contributed by atoms with van der Waals surface area (Å²) in [6, 6.07) is 12.8. The predicted molar refractivity (Wildman–Crippen MR) is 111 cm³/mol. The predicted octanol–water partition coefficient (Wildman–Crippen LogP) is 2.06. The number of carbonyl (C=O) groups is 4. The summed E-state index contributed by atoms with van der Waals surface area (Å²) in [6.45, 7) is 0. The summed E-state index contributed by atoms with van der Waals surface area (Å²) in [4.78, 5) is 50.7. The number of nitrogens with zero attached hydrogens (tertiary/aromatic N) is 2. The maximum atomic E-state index is 12.1. The third kappa shape index (κ3) is 6.17. The average Bonchev–Trinajstić information content (AvgIpc) is 2.67. The van der Waals surface area contributed by atoms with E-state index in [0.717, 1.165) is 0 Å². The van der Waals surface area contributed by atoms with Crippen LogP contribution in [0.1, 0.15) is 27.1 Å². The lowest BCUT2D eigenvalue weighted by Gasteiger charge is -2.11. The number of amides is 4. The second-order valence-corrected chi connectivity index (χ2v) is 6.83. The zero-order valence-corrected chi connectivity index (χ0v) is 16.9. The molecule has 0 heterocycles. The lowest BCUT2D eigenvalue weighted by Crippen LogP contribution is -2.23. The van der Waals surface area contributed by atoms with Crippen molar-refractivity contribution >= 4 is 35.0 Å². The summed E-state index contributed by atoms with van der Waals surface area (Å²) >= 11 is 0. The molecular formula is C21H24N4O4. The fraction of sp³-hybridized carbons (Fsp3) is 0.238. The Hall–Kier alpha value is -3.68. The first-order valence-corrected chi connectivity index (χ1v) is 8.90. The molecule has 0 fully saturated rings. The van der Waals surface area contributed by atoms with Gasteiger partial charge in [-0.1, -0.05) is 0 Å². The first-order valence-electron chi connectivity index (χ1n) is 8.90. The Morgan fingerprint density at radius 1 is 0.621 bits per heavy atom. The van der Waals surface area contributed by atoms with Gasteiger partial charge in [-0.15, -0.1) is 0 Å². The van der Waals surface area contributed by atoms with Crippen LogP contribution in [0.3, 0.4) is 0 Å². The van der Waals surface area contributed by atoms with Crippen LogP contribution in [0.2, 0.25) is 0 Å². The molecule has 0 radical (unpaired) electrons. The van der Waals surface area contributed by atoms with Crippen LogP contribution in [-0.2, 0) is 9.59 Å². The highest BCUT2D eigenvalue weighted by Crippen LogP contribution is 2.13. The lowest BCUT2D eigenvalue weighted by molar-refractivity contribution is -0.123. The average molecular weight is 396 g/mol. The topological polar surface area (TPSA) is 98.8 Å². The van der Waals surface area contributed by atoms with Gasteiger partial charge in [0, 0.05) is 50.7 Å². The summed E-state index contributed by atoms with van der Waals surface area (Å²) in [5.74, 6) is -1.23. The smallest absolute Gasteiger partial charge is 0.253 e. The first kappa shape index (κ1) is 21.6. The molecule has 0 unspecified atom stereocenters. The van der Waals surface area contributed by atoms with Crippen molar-refractivity contribution in [1.82, 2.24) is 9.80 Å². The Bertz CT molecular complexity index is 828. The number of hydrogen-bond donors (Lipinski definition) is 2. The van der Waals surface area contributed by atoms with Gasteiger partial charge in [0.1, 0.15) is 6.42 Å². The molecule has 0 bridgehead atoms. The van der Waals surface area contributed by atoms with Crippen LogP contribution in [0.15, 0.2) is 48.5 Å².